The van der Waals surface area contributed by atoms with Crippen molar-refractivity contribution in [1.29, 1.82) is 0 Å². The van der Waals surface area contributed by atoms with Gasteiger partial charge in [0.25, 0.3) is 0 Å². The Bertz CT molecular complexity index is 299. The maximum atomic E-state index is 3.62. The van der Waals surface area contributed by atoms with Crippen molar-refractivity contribution in [1.82, 2.24) is 5.32 Å². The summed E-state index contributed by atoms with van der Waals surface area (Å²) in [6, 6.07) is 9.28. The lowest BCUT2D eigenvalue weighted by atomic mass is 10.0. The van der Waals surface area contributed by atoms with E-state index in [9.17, 15) is 0 Å². The van der Waals surface area contributed by atoms with Crippen LogP contribution in [0.1, 0.15) is 45.2 Å². The SMILES string of the molecule is CCCNC(CC)c1ccccc1SCC. The van der Waals surface area contributed by atoms with E-state index in [2.05, 4.69) is 50.4 Å². The summed E-state index contributed by atoms with van der Waals surface area (Å²) >= 11 is 1.94. The Hall–Kier alpha value is -0.470. The minimum Gasteiger partial charge on any atom is -0.310 e. The molecule has 0 saturated carbocycles. The maximum Gasteiger partial charge on any atom is 0.0328 e. The molecule has 1 rings (SSSR count). The molecule has 0 bridgehead atoms. The van der Waals surface area contributed by atoms with Crippen LogP contribution in [-0.4, -0.2) is 12.3 Å². The zero-order valence-electron chi connectivity index (χ0n) is 10.6. The lowest BCUT2D eigenvalue weighted by molar-refractivity contribution is 0.512. The largest absolute Gasteiger partial charge is 0.310 e. The van der Waals surface area contributed by atoms with Crippen LogP contribution in [0.5, 0.6) is 0 Å². The van der Waals surface area contributed by atoms with Gasteiger partial charge >= 0.3 is 0 Å². The zero-order chi connectivity index (χ0) is 11.8. The van der Waals surface area contributed by atoms with Gasteiger partial charge in [0, 0.05) is 10.9 Å². The second-order valence-corrected chi connectivity index (χ2v) is 5.19. The molecule has 2 heteroatoms. The van der Waals surface area contributed by atoms with Crippen LogP contribution in [0.25, 0.3) is 0 Å². The fourth-order valence-corrected chi connectivity index (χ4v) is 2.71. The molecule has 0 radical (unpaired) electrons. The molecule has 1 unspecified atom stereocenters. The van der Waals surface area contributed by atoms with E-state index in [0.717, 1.165) is 18.7 Å². The minimum atomic E-state index is 0.509. The van der Waals surface area contributed by atoms with Gasteiger partial charge in [0.15, 0.2) is 0 Å². The second-order valence-electron chi connectivity index (χ2n) is 3.89. The van der Waals surface area contributed by atoms with Gasteiger partial charge in [-0.15, -0.1) is 11.8 Å². The number of hydrogen-bond acceptors (Lipinski definition) is 2. The quantitative estimate of drug-likeness (QED) is 0.712. The first-order valence-corrected chi connectivity index (χ1v) is 7.27. The van der Waals surface area contributed by atoms with Crippen LogP contribution in [0.2, 0.25) is 0 Å². The predicted octanol–water partition coefficient (Wildman–Crippen LogP) is 4.25. The molecule has 0 aliphatic heterocycles. The molecule has 90 valence electrons. The fourth-order valence-electron chi connectivity index (χ4n) is 1.85. The van der Waals surface area contributed by atoms with E-state index >= 15 is 0 Å². The van der Waals surface area contributed by atoms with Crippen molar-refractivity contribution >= 4 is 11.8 Å². The van der Waals surface area contributed by atoms with Crippen LogP contribution in [0.4, 0.5) is 0 Å². The molecule has 16 heavy (non-hydrogen) atoms. The zero-order valence-corrected chi connectivity index (χ0v) is 11.4. The van der Waals surface area contributed by atoms with Gasteiger partial charge in [0.2, 0.25) is 0 Å². The van der Waals surface area contributed by atoms with E-state index in [1.165, 1.54) is 16.9 Å². The summed E-state index contributed by atoms with van der Waals surface area (Å²) in [7, 11) is 0. The number of benzene rings is 1. The lowest BCUT2D eigenvalue weighted by Gasteiger charge is -2.20. The van der Waals surface area contributed by atoms with Gasteiger partial charge in [-0.3, -0.25) is 0 Å². The van der Waals surface area contributed by atoms with Crippen molar-refractivity contribution < 1.29 is 0 Å². The second kappa shape index (κ2) is 7.75. The van der Waals surface area contributed by atoms with Crippen LogP contribution in [0, 0.1) is 0 Å². The summed E-state index contributed by atoms with van der Waals surface area (Å²) < 4.78 is 0. The number of rotatable bonds is 7. The molecular formula is C14H23NS. The van der Waals surface area contributed by atoms with E-state index in [1.54, 1.807) is 0 Å². The minimum absolute atomic E-state index is 0.509. The van der Waals surface area contributed by atoms with E-state index in [-0.39, 0.29) is 0 Å². The van der Waals surface area contributed by atoms with Crippen LogP contribution in [0.3, 0.4) is 0 Å². The summed E-state index contributed by atoms with van der Waals surface area (Å²) in [4.78, 5) is 1.43. The maximum absolute atomic E-state index is 3.62. The summed E-state index contributed by atoms with van der Waals surface area (Å²) in [6.45, 7) is 7.78. The van der Waals surface area contributed by atoms with E-state index in [1.807, 2.05) is 11.8 Å². The Labute approximate surface area is 104 Å². The molecule has 1 N–H and O–H groups in total. The molecule has 0 spiro atoms. The molecule has 0 saturated heterocycles. The summed E-state index contributed by atoms with van der Waals surface area (Å²) in [5, 5.41) is 3.62. The third-order valence-electron chi connectivity index (χ3n) is 2.64. The predicted molar refractivity (Wildman–Crippen MR) is 74.2 cm³/mol. The highest BCUT2D eigenvalue weighted by atomic mass is 32.2. The van der Waals surface area contributed by atoms with Gasteiger partial charge in [-0.25, -0.2) is 0 Å². The molecule has 1 aromatic rings. The Kier molecular flexibility index (Phi) is 6.58. The van der Waals surface area contributed by atoms with Crippen LogP contribution in [-0.2, 0) is 0 Å². The molecule has 0 aliphatic rings. The summed E-state index contributed by atoms with van der Waals surface area (Å²) in [6.07, 6.45) is 2.35. The first kappa shape index (κ1) is 13.6. The van der Waals surface area contributed by atoms with Gasteiger partial charge in [-0.2, -0.15) is 0 Å². The van der Waals surface area contributed by atoms with Crippen molar-refractivity contribution in [3.63, 3.8) is 0 Å². The van der Waals surface area contributed by atoms with Gasteiger partial charge in [-0.1, -0.05) is 39.0 Å². The van der Waals surface area contributed by atoms with Crippen molar-refractivity contribution in [3.8, 4) is 0 Å². The highest BCUT2D eigenvalue weighted by Gasteiger charge is 2.11. The smallest absolute Gasteiger partial charge is 0.0328 e. The number of thioether (sulfide) groups is 1. The van der Waals surface area contributed by atoms with Crippen molar-refractivity contribution in [2.75, 3.05) is 12.3 Å². The third kappa shape index (κ3) is 3.84. The fraction of sp³-hybridized carbons (Fsp3) is 0.571. The van der Waals surface area contributed by atoms with Crippen LogP contribution >= 0.6 is 11.8 Å². The molecule has 1 nitrogen and oxygen atoms in total. The van der Waals surface area contributed by atoms with Gasteiger partial charge in [0.05, 0.1) is 0 Å². The lowest BCUT2D eigenvalue weighted by Crippen LogP contribution is -2.21. The monoisotopic (exact) mass is 237 g/mol. The van der Waals surface area contributed by atoms with E-state index in [4.69, 9.17) is 0 Å². The molecule has 0 fully saturated rings. The highest BCUT2D eigenvalue weighted by Crippen LogP contribution is 2.28. The molecule has 0 aliphatic carbocycles. The first-order valence-electron chi connectivity index (χ1n) is 6.28. The summed E-state index contributed by atoms with van der Waals surface area (Å²) in [5.74, 6) is 1.14. The molecule has 0 amide bonds. The molecule has 1 aromatic carbocycles. The normalized spacial score (nSPS) is 12.7. The van der Waals surface area contributed by atoms with Gasteiger partial charge in [0.1, 0.15) is 0 Å². The van der Waals surface area contributed by atoms with E-state index in [0.29, 0.717) is 6.04 Å². The van der Waals surface area contributed by atoms with Crippen molar-refractivity contribution in [2.24, 2.45) is 0 Å². The van der Waals surface area contributed by atoms with Crippen LogP contribution in [0.15, 0.2) is 29.2 Å². The first-order chi connectivity index (χ1) is 7.83. The Morgan fingerprint density at radius 2 is 1.94 bits per heavy atom. The molecular weight excluding hydrogens is 214 g/mol. The Morgan fingerprint density at radius 1 is 1.19 bits per heavy atom. The average molecular weight is 237 g/mol. The van der Waals surface area contributed by atoms with Crippen molar-refractivity contribution in [3.05, 3.63) is 29.8 Å². The summed E-state index contributed by atoms with van der Waals surface area (Å²) in [5.41, 5.74) is 1.46. The number of nitrogens with one attached hydrogen (secondary N) is 1. The number of hydrogen-bond donors (Lipinski definition) is 1. The van der Waals surface area contributed by atoms with Crippen LogP contribution < -0.4 is 5.32 Å². The topological polar surface area (TPSA) is 12.0 Å². The molecule has 0 aromatic heterocycles. The van der Waals surface area contributed by atoms with Gasteiger partial charge < -0.3 is 5.32 Å². The van der Waals surface area contributed by atoms with Crippen molar-refractivity contribution in [2.45, 2.75) is 44.6 Å². The van der Waals surface area contributed by atoms with Gasteiger partial charge in [-0.05, 0) is 36.8 Å². The Morgan fingerprint density at radius 3 is 2.56 bits per heavy atom. The average Bonchev–Trinajstić information content (AvgIpc) is 2.32. The standard InChI is InChI=1S/C14H23NS/c1-4-11-15-13(5-2)12-9-7-8-10-14(12)16-6-3/h7-10,13,15H,4-6,11H2,1-3H3. The molecule has 1 atom stereocenters. The Balaban J connectivity index is 2.81. The highest BCUT2D eigenvalue weighted by molar-refractivity contribution is 7.99. The third-order valence-corrected chi connectivity index (χ3v) is 3.61. The molecule has 0 heterocycles. The van der Waals surface area contributed by atoms with E-state index < -0.39 is 0 Å².